The molecule has 14 nitrogen and oxygen atoms in total. The quantitative estimate of drug-likeness (QED) is 0.0204. The number of aliphatic hydroxyl groups excluding tert-OH is 8. The van der Waals surface area contributed by atoms with Gasteiger partial charge in [-0.3, -0.25) is 4.79 Å². The Kier molecular flexibility index (Phi) is 58.7. The molecule has 0 aromatic carbocycles. The van der Waals surface area contributed by atoms with Crippen molar-refractivity contribution in [2.75, 3.05) is 19.8 Å². The Hall–Kier alpha value is -1.27. The molecule has 2 aliphatic rings. The third kappa shape index (κ3) is 45.8. The standard InChI is InChI=1S/C77H149NO13/c1-3-5-7-9-11-13-15-17-19-21-23-25-27-28-29-30-31-32-33-34-35-36-37-38-39-41-43-45-47-49-51-53-55-57-59-61-69(82)78-65(64-88-76-74(87)72(85)75(68(63-80)90-76)91-77-73(86)71(84)70(83)67(62-79)89-77)66(81)60-58-56-54-52-50-48-46-44-42-40-26-24-22-20-18-16-14-12-10-8-6-4-2/h21,23,65-68,70-77,79-81,83-87H,3-20,22,24-64H2,1-2H3,(H,78,82)/b23-21-. The maximum atomic E-state index is 13.4. The monoisotopic (exact) mass is 1300 g/mol. The zero-order valence-corrected chi connectivity index (χ0v) is 59.1. The van der Waals surface area contributed by atoms with Crippen molar-refractivity contribution < 1.29 is 64.6 Å². The molecule has 2 fully saturated rings. The first-order chi connectivity index (χ1) is 44.6. The highest BCUT2D eigenvalue weighted by Crippen LogP contribution is 2.30. The van der Waals surface area contributed by atoms with E-state index < -0.39 is 86.8 Å². The molecule has 12 unspecified atom stereocenters. The van der Waals surface area contributed by atoms with E-state index in [0.29, 0.717) is 12.8 Å². The number of amides is 1. The van der Waals surface area contributed by atoms with Crippen LogP contribution < -0.4 is 5.32 Å². The molecule has 0 bridgehead atoms. The second kappa shape index (κ2) is 62.3. The fourth-order valence-electron chi connectivity index (χ4n) is 13.5. The third-order valence-corrected chi connectivity index (χ3v) is 19.7. The second-order valence-electron chi connectivity index (χ2n) is 28.2. The molecule has 0 aromatic rings. The van der Waals surface area contributed by atoms with E-state index in [0.717, 1.165) is 51.4 Å². The van der Waals surface area contributed by atoms with Crippen LogP contribution in [0.5, 0.6) is 0 Å². The van der Waals surface area contributed by atoms with Crippen LogP contribution in [0.2, 0.25) is 0 Å². The van der Waals surface area contributed by atoms with Gasteiger partial charge in [0.15, 0.2) is 12.6 Å². The minimum atomic E-state index is -1.78. The Bertz CT molecular complexity index is 1570. The molecule has 1 amide bonds. The molecule has 0 radical (unpaired) electrons. The highest BCUT2D eigenvalue weighted by molar-refractivity contribution is 5.76. The topological polar surface area (TPSA) is 228 Å². The number of ether oxygens (including phenoxy) is 4. The summed E-state index contributed by atoms with van der Waals surface area (Å²) in [6.07, 6.45) is 61.1. The smallest absolute Gasteiger partial charge is 0.220 e. The summed E-state index contributed by atoms with van der Waals surface area (Å²) in [4.78, 5) is 13.4. The summed E-state index contributed by atoms with van der Waals surface area (Å²) in [5.41, 5.74) is 0. The van der Waals surface area contributed by atoms with Gasteiger partial charge in [0, 0.05) is 6.42 Å². The number of hydrogen-bond donors (Lipinski definition) is 9. The molecule has 2 rings (SSSR count). The van der Waals surface area contributed by atoms with Crippen LogP contribution in [0.4, 0.5) is 0 Å². The molecule has 0 saturated carbocycles. The largest absolute Gasteiger partial charge is 0.394 e. The summed E-state index contributed by atoms with van der Waals surface area (Å²) >= 11 is 0. The van der Waals surface area contributed by atoms with Gasteiger partial charge in [0.1, 0.15) is 48.8 Å². The van der Waals surface area contributed by atoms with Crippen LogP contribution in [0.25, 0.3) is 0 Å². The van der Waals surface area contributed by atoms with Crippen molar-refractivity contribution in [3.05, 3.63) is 12.2 Å². The van der Waals surface area contributed by atoms with Gasteiger partial charge < -0.3 is 65.1 Å². The number of aliphatic hydroxyl groups is 8. The lowest BCUT2D eigenvalue weighted by atomic mass is 9.97. The minimum Gasteiger partial charge on any atom is -0.394 e. The predicted molar refractivity (Wildman–Crippen MR) is 374 cm³/mol. The van der Waals surface area contributed by atoms with Crippen LogP contribution in [0.15, 0.2) is 12.2 Å². The van der Waals surface area contributed by atoms with E-state index in [1.165, 1.54) is 302 Å². The number of carbonyl (C=O) groups excluding carboxylic acids is 1. The van der Waals surface area contributed by atoms with Crippen molar-refractivity contribution in [3.63, 3.8) is 0 Å². The Morgan fingerprint density at radius 1 is 0.385 bits per heavy atom. The molecule has 0 aliphatic carbocycles. The van der Waals surface area contributed by atoms with E-state index >= 15 is 0 Å². The summed E-state index contributed by atoms with van der Waals surface area (Å²) in [6, 6.07) is -0.826. The van der Waals surface area contributed by atoms with Gasteiger partial charge in [0.05, 0.1) is 32.0 Å². The minimum absolute atomic E-state index is 0.197. The van der Waals surface area contributed by atoms with Gasteiger partial charge in [0.25, 0.3) is 0 Å². The van der Waals surface area contributed by atoms with E-state index in [9.17, 15) is 45.6 Å². The molecular weight excluding hydrogens is 1150 g/mol. The van der Waals surface area contributed by atoms with E-state index in [-0.39, 0.29) is 12.5 Å². The van der Waals surface area contributed by atoms with E-state index in [4.69, 9.17) is 18.9 Å². The van der Waals surface area contributed by atoms with E-state index in [1.807, 2.05) is 0 Å². The van der Waals surface area contributed by atoms with Crippen molar-refractivity contribution in [2.45, 2.75) is 453 Å². The van der Waals surface area contributed by atoms with Gasteiger partial charge in [0.2, 0.25) is 5.91 Å². The average molecular weight is 1300 g/mol. The molecule has 2 heterocycles. The van der Waals surface area contributed by atoms with E-state index in [2.05, 4.69) is 31.3 Å². The molecule has 2 saturated heterocycles. The number of carbonyl (C=O) groups is 1. The number of hydrogen-bond acceptors (Lipinski definition) is 13. The number of rotatable bonds is 67. The Labute approximate surface area is 558 Å². The number of nitrogens with one attached hydrogen (secondary N) is 1. The van der Waals surface area contributed by atoms with Crippen LogP contribution in [-0.2, 0) is 23.7 Å². The van der Waals surface area contributed by atoms with Crippen LogP contribution in [0.1, 0.15) is 380 Å². The maximum Gasteiger partial charge on any atom is 0.220 e. The van der Waals surface area contributed by atoms with Crippen molar-refractivity contribution in [3.8, 4) is 0 Å². The highest BCUT2D eigenvalue weighted by Gasteiger charge is 2.51. The van der Waals surface area contributed by atoms with Gasteiger partial charge in [-0.25, -0.2) is 0 Å². The van der Waals surface area contributed by atoms with Crippen molar-refractivity contribution in [1.29, 1.82) is 0 Å². The number of unbranched alkanes of at least 4 members (excludes halogenated alkanes) is 52. The first kappa shape index (κ1) is 85.8. The lowest BCUT2D eigenvalue weighted by molar-refractivity contribution is -0.359. The van der Waals surface area contributed by atoms with Crippen LogP contribution >= 0.6 is 0 Å². The lowest BCUT2D eigenvalue weighted by Gasteiger charge is -2.46. The van der Waals surface area contributed by atoms with Crippen LogP contribution in [-0.4, -0.2) is 140 Å². The summed E-state index contributed by atoms with van der Waals surface area (Å²) in [6.45, 7) is 2.93. The van der Waals surface area contributed by atoms with Crippen LogP contribution in [0.3, 0.4) is 0 Å². The molecule has 2 aliphatic heterocycles. The van der Waals surface area contributed by atoms with Crippen molar-refractivity contribution >= 4 is 5.91 Å². The average Bonchev–Trinajstić information content (AvgIpc) is 0.888. The maximum absolute atomic E-state index is 13.4. The normalized spacial score (nSPS) is 22.7. The fraction of sp³-hybridized carbons (Fsp3) is 0.961. The molecule has 0 spiro atoms. The van der Waals surface area contributed by atoms with Gasteiger partial charge >= 0.3 is 0 Å². The number of allylic oxidation sites excluding steroid dienone is 2. The molecule has 9 N–H and O–H groups in total. The Morgan fingerprint density at radius 2 is 0.692 bits per heavy atom. The zero-order valence-electron chi connectivity index (χ0n) is 59.1. The van der Waals surface area contributed by atoms with Gasteiger partial charge in [-0.15, -0.1) is 0 Å². The first-order valence-corrected chi connectivity index (χ1v) is 39.4. The molecule has 0 aromatic heterocycles. The molecule has 91 heavy (non-hydrogen) atoms. The Morgan fingerprint density at radius 3 is 1.04 bits per heavy atom. The Balaban J connectivity index is 1.59. The van der Waals surface area contributed by atoms with Gasteiger partial charge in [-0.1, -0.05) is 347 Å². The van der Waals surface area contributed by atoms with Gasteiger partial charge in [-0.2, -0.15) is 0 Å². The third-order valence-electron chi connectivity index (χ3n) is 19.7. The molecule has 540 valence electrons. The molecular formula is C77H149NO13. The van der Waals surface area contributed by atoms with Crippen molar-refractivity contribution in [1.82, 2.24) is 5.32 Å². The zero-order chi connectivity index (χ0) is 65.9. The van der Waals surface area contributed by atoms with E-state index in [1.54, 1.807) is 0 Å². The lowest BCUT2D eigenvalue weighted by Crippen LogP contribution is -2.65. The predicted octanol–water partition coefficient (Wildman–Crippen LogP) is 17.3. The molecule has 14 heteroatoms. The summed E-state index contributed by atoms with van der Waals surface area (Å²) < 4.78 is 23.0. The van der Waals surface area contributed by atoms with Crippen molar-refractivity contribution in [2.24, 2.45) is 0 Å². The molecule has 12 atom stereocenters. The second-order valence-corrected chi connectivity index (χ2v) is 28.2. The first-order valence-electron chi connectivity index (χ1n) is 39.4. The van der Waals surface area contributed by atoms with Crippen LogP contribution in [0, 0.1) is 0 Å². The summed E-state index contributed by atoms with van der Waals surface area (Å²) in [5.74, 6) is -0.197. The highest BCUT2D eigenvalue weighted by atomic mass is 16.7. The SMILES string of the molecule is CCCCCCCCCC/C=C\CCCCCCCCCCCCCCCCCCCCCCCCCC(=O)NC(COC1OC(CO)C(OC2OC(CO)C(O)C(O)C2O)C(O)C1O)C(O)CCCCCCCCCCCCCCCCCCCCCCCC. The summed E-state index contributed by atoms with van der Waals surface area (Å²) in [7, 11) is 0. The van der Waals surface area contributed by atoms with Gasteiger partial charge in [-0.05, 0) is 38.5 Å². The fourth-order valence-corrected chi connectivity index (χ4v) is 13.5. The summed E-state index contributed by atoms with van der Waals surface area (Å²) in [5, 5.41) is 87.8.